The molecule has 1 aromatic rings. The normalized spacial score (nSPS) is 12.4. The molecule has 0 aromatic carbocycles. The Morgan fingerprint density at radius 3 is 2.85 bits per heavy atom. The summed E-state index contributed by atoms with van der Waals surface area (Å²) in [6.07, 6.45) is 2.04. The molecule has 0 bridgehead atoms. The second kappa shape index (κ2) is 4.57. The standard InChI is InChI=1S/C9H12N2O2/c10-6-7(9(12)13)5-8-3-1-2-4-11-8/h1-4,7H,5-6,10H2,(H,12,13). The lowest BCUT2D eigenvalue weighted by molar-refractivity contribution is -0.141. The number of rotatable bonds is 4. The van der Waals surface area contributed by atoms with Crippen LogP contribution in [0.3, 0.4) is 0 Å². The molecule has 0 fully saturated rings. The van der Waals surface area contributed by atoms with E-state index in [4.69, 9.17) is 10.8 Å². The Balaban J connectivity index is 2.62. The minimum Gasteiger partial charge on any atom is -0.481 e. The molecule has 4 heteroatoms. The van der Waals surface area contributed by atoms with Gasteiger partial charge in [0.15, 0.2) is 0 Å². The van der Waals surface area contributed by atoms with Gasteiger partial charge in [0.1, 0.15) is 0 Å². The zero-order chi connectivity index (χ0) is 9.68. The Morgan fingerprint density at radius 2 is 2.38 bits per heavy atom. The first-order valence-corrected chi connectivity index (χ1v) is 4.07. The summed E-state index contributed by atoms with van der Waals surface area (Å²) >= 11 is 0. The summed E-state index contributed by atoms with van der Waals surface area (Å²) < 4.78 is 0. The second-order valence-electron chi connectivity index (χ2n) is 2.80. The van der Waals surface area contributed by atoms with Crippen LogP contribution in [0.2, 0.25) is 0 Å². The number of carboxylic acids is 1. The van der Waals surface area contributed by atoms with Crippen molar-refractivity contribution in [3.8, 4) is 0 Å². The fourth-order valence-electron chi connectivity index (χ4n) is 1.04. The highest BCUT2D eigenvalue weighted by Crippen LogP contribution is 2.04. The van der Waals surface area contributed by atoms with Gasteiger partial charge in [0.25, 0.3) is 0 Å². The van der Waals surface area contributed by atoms with E-state index in [1.807, 2.05) is 6.07 Å². The van der Waals surface area contributed by atoms with Crippen molar-refractivity contribution >= 4 is 5.97 Å². The Labute approximate surface area is 76.4 Å². The summed E-state index contributed by atoms with van der Waals surface area (Å²) in [7, 11) is 0. The number of carboxylic acid groups (broad SMARTS) is 1. The van der Waals surface area contributed by atoms with Crippen LogP contribution >= 0.6 is 0 Å². The van der Waals surface area contributed by atoms with Crippen molar-refractivity contribution in [1.82, 2.24) is 4.98 Å². The maximum atomic E-state index is 10.6. The van der Waals surface area contributed by atoms with Crippen LogP contribution in [0.25, 0.3) is 0 Å². The van der Waals surface area contributed by atoms with Crippen molar-refractivity contribution in [2.75, 3.05) is 6.54 Å². The first-order chi connectivity index (χ1) is 6.24. The molecule has 70 valence electrons. The van der Waals surface area contributed by atoms with Gasteiger partial charge in [-0.2, -0.15) is 0 Å². The summed E-state index contributed by atoms with van der Waals surface area (Å²) in [5.74, 6) is -1.40. The fourth-order valence-corrected chi connectivity index (χ4v) is 1.04. The number of aliphatic carboxylic acids is 1. The van der Waals surface area contributed by atoms with Gasteiger partial charge < -0.3 is 10.8 Å². The maximum Gasteiger partial charge on any atom is 0.308 e. The third-order valence-corrected chi connectivity index (χ3v) is 1.82. The number of aromatic nitrogens is 1. The molecule has 3 N–H and O–H groups in total. The van der Waals surface area contributed by atoms with Crippen LogP contribution in [0, 0.1) is 5.92 Å². The highest BCUT2D eigenvalue weighted by atomic mass is 16.4. The summed E-state index contributed by atoms with van der Waals surface area (Å²) in [5, 5.41) is 8.73. The van der Waals surface area contributed by atoms with E-state index in [1.54, 1.807) is 18.3 Å². The van der Waals surface area contributed by atoms with Crippen LogP contribution in [-0.2, 0) is 11.2 Å². The van der Waals surface area contributed by atoms with E-state index in [2.05, 4.69) is 4.98 Å². The highest BCUT2D eigenvalue weighted by molar-refractivity contribution is 5.70. The lowest BCUT2D eigenvalue weighted by Crippen LogP contribution is -2.25. The Morgan fingerprint density at radius 1 is 1.62 bits per heavy atom. The Bertz CT molecular complexity index is 274. The molecule has 0 saturated heterocycles. The highest BCUT2D eigenvalue weighted by Gasteiger charge is 2.15. The van der Waals surface area contributed by atoms with E-state index in [0.29, 0.717) is 6.42 Å². The van der Waals surface area contributed by atoms with Crippen molar-refractivity contribution in [3.05, 3.63) is 30.1 Å². The van der Waals surface area contributed by atoms with Gasteiger partial charge in [-0.15, -0.1) is 0 Å². The fraction of sp³-hybridized carbons (Fsp3) is 0.333. The predicted molar refractivity (Wildman–Crippen MR) is 48.1 cm³/mol. The molecule has 1 aromatic heterocycles. The number of pyridine rings is 1. The van der Waals surface area contributed by atoms with Gasteiger partial charge in [0.2, 0.25) is 0 Å². The lowest BCUT2D eigenvalue weighted by atomic mass is 10.0. The lowest BCUT2D eigenvalue weighted by Gasteiger charge is -2.07. The zero-order valence-corrected chi connectivity index (χ0v) is 7.18. The van der Waals surface area contributed by atoms with E-state index in [-0.39, 0.29) is 6.54 Å². The van der Waals surface area contributed by atoms with Crippen LogP contribution in [0.15, 0.2) is 24.4 Å². The minimum atomic E-state index is -0.867. The van der Waals surface area contributed by atoms with Crippen LogP contribution in [0.1, 0.15) is 5.69 Å². The van der Waals surface area contributed by atoms with Gasteiger partial charge in [-0.05, 0) is 12.1 Å². The molecule has 13 heavy (non-hydrogen) atoms. The maximum absolute atomic E-state index is 10.6. The number of carbonyl (C=O) groups is 1. The average Bonchev–Trinajstić information content (AvgIpc) is 2.15. The van der Waals surface area contributed by atoms with E-state index < -0.39 is 11.9 Å². The molecule has 0 aliphatic rings. The predicted octanol–water partition coefficient (Wildman–Crippen LogP) is 0.284. The minimum absolute atomic E-state index is 0.145. The van der Waals surface area contributed by atoms with Crippen molar-refractivity contribution < 1.29 is 9.90 Å². The molecule has 1 rings (SSSR count). The van der Waals surface area contributed by atoms with Crippen LogP contribution in [0.5, 0.6) is 0 Å². The van der Waals surface area contributed by atoms with Crippen molar-refractivity contribution in [1.29, 1.82) is 0 Å². The number of hydrogen-bond donors (Lipinski definition) is 2. The molecule has 0 radical (unpaired) electrons. The second-order valence-corrected chi connectivity index (χ2v) is 2.80. The van der Waals surface area contributed by atoms with E-state index >= 15 is 0 Å². The van der Waals surface area contributed by atoms with Crippen LogP contribution in [0.4, 0.5) is 0 Å². The molecule has 0 aliphatic carbocycles. The smallest absolute Gasteiger partial charge is 0.308 e. The summed E-state index contributed by atoms with van der Waals surface area (Å²) in [6.45, 7) is 0.145. The topological polar surface area (TPSA) is 76.2 Å². The van der Waals surface area contributed by atoms with Crippen molar-refractivity contribution in [3.63, 3.8) is 0 Å². The molecule has 0 saturated carbocycles. The molecule has 1 unspecified atom stereocenters. The van der Waals surface area contributed by atoms with E-state index in [9.17, 15) is 4.79 Å². The third-order valence-electron chi connectivity index (χ3n) is 1.82. The number of nitrogens with zero attached hydrogens (tertiary/aromatic N) is 1. The molecular formula is C9H12N2O2. The molecule has 0 spiro atoms. The quantitative estimate of drug-likeness (QED) is 0.698. The molecule has 4 nitrogen and oxygen atoms in total. The molecule has 1 atom stereocenters. The zero-order valence-electron chi connectivity index (χ0n) is 7.18. The van der Waals surface area contributed by atoms with E-state index in [1.165, 1.54) is 0 Å². The molecule has 0 amide bonds. The van der Waals surface area contributed by atoms with Gasteiger partial charge in [-0.25, -0.2) is 0 Å². The first-order valence-electron chi connectivity index (χ1n) is 4.07. The molecular weight excluding hydrogens is 168 g/mol. The first kappa shape index (κ1) is 9.67. The monoisotopic (exact) mass is 180 g/mol. The van der Waals surface area contributed by atoms with Gasteiger partial charge >= 0.3 is 5.97 Å². The molecule has 0 aliphatic heterocycles. The van der Waals surface area contributed by atoms with Gasteiger partial charge in [0.05, 0.1) is 5.92 Å². The third kappa shape index (κ3) is 2.83. The molecule has 1 heterocycles. The number of hydrogen-bond acceptors (Lipinski definition) is 3. The summed E-state index contributed by atoms with van der Waals surface area (Å²) in [4.78, 5) is 14.7. The Hall–Kier alpha value is -1.42. The number of nitrogens with two attached hydrogens (primary N) is 1. The van der Waals surface area contributed by atoms with Crippen molar-refractivity contribution in [2.24, 2.45) is 11.7 Å². The Kier molecular flexibility index (Phi) is 3.40. The van der Waals surface area contributed by atoms with E-state index in [0.717, 1.165) is 5.69 Å². The SMILES string of the molecule is NCC(Cc1ccccn1)C(=O)O. The van der Waals surface area contributed by atoms with Crippen LogP contribution in [-0.4, -0.2) is 22.6 Å². The average molecular weight is 180 g/mol. The van der Waals surface area contributed by atoms with Gasteiger partial charge in [-0.3, -0.25) is 9.78 Å². The van der Waals surface area contributed by atoms with Gasteiger partial charge in [-0.1, -0.05) is 6.07 Å². The van der Waals surface area contributed by atoms with Crippen molar-refractivity contribution in [2.45, 2.75) is 6.42 Å². The van der Waals surface area contributed by atoms with Crippen LogP contribution < -0.4 is 5.73 Å². The largest absolute Gasteiger partial charge is 0.481 e. The summed E-state index contributed by atoms with van der Waals surface area (Å²) in [5.41, 5.74) is 6.08. The van der Waals surface area contributed by atoms with Gasteiger partial charge in [0, 0.05) is 24.9 Å². The summed E-state index contributed by atoms with van der Waals surface area (Å²) in [6, 6.07) is 5.42.